The molecule has 2 N–H and O–H groups in total. The number of nitrogens with zero attached hydrogens (tertiary/aromatic N) is 1. The summed E-state index contributed by atoms with van der Waals surface area (Å²) in [6.07, 6.45) is 1.36. The molecule has 6 heteroatoms. The number of hydrogen-bond acceptors (Lipinski definition) is 3. The first-order valence-corrected chi connectivity index (χ1v) is 6.20. The van der Waals surface area contributed by atoms with Gasteiger partial charge in [-0.2, -0.15) is 0 Å². The first-order chi connectivity index (χ1) is 9.99. The van der Waals surface area contributed by atoms with Gasteiger partial charge < -0.3 is 10.4 Å². The monoisotopic (exact) mass is 288 g/mol. The molecule has 1 aromatic heterocycles. The minimum atomic E-state index is -1.12. The van der Waals surface area contributed by atoms with Crippen LogP contribution >= 0.6 is 0 Å². The minimum Gasteiger partial charge on any atom is -0.477 e. The molecule has 0 radical (unpaired) electrons. The van der Waals surface area contributed by atoms with Gasteiger partial charge in [0.2, 0.25) is 0 Å². The molecule has 0 aliphatic heterocycles. The second-order valence-corrected chi connectivity index (χ2v) is 4.48. The summed E-state index contributed by atoms with van der Waals surface area (Å²) in [5.41, 5.74) is 0.927. The Morgan fingerprint density at radius 1 is 1.29 bits per heavy atom. The Morgan fingerprint density at radius 3 is 2.67 bits per heavy atom. The highest BCUT2D eigenvalue weighted by Gasteiger charge is 2.12. The third-order valence-corrected chi connectivity index (χ3v) is 2.93. The van der Waals surface area contributed by atoms with E-state index in [-0.39, 0.29) is 17.8 Å². The van der Waals surface area contributed by atoms with Gasteiger partial charge in [0.25, 0.3) is 5.91 Å². The van der Waals surface area contributed by atoms with Crippen LogP contribution in [0.4, 0.5) is 4.39 Å². The summed E-state index contributed by atoms with van der Waals surface area (Å²) in [6.45, 7) is 1.72. The summed E-state index contributed by atoms with van der Waals surface area (Å²) in [4.78, 5) is 26.3. The van der Waals surface area contributed by atoms with Crippen LogP contribution < -0.4 is 5.32 Å². The smallest absolute Gasteiger partial charge is 0.354 e. The second-order valence-electron chi connectivity index (χ2n) is 4.48. The van der Waals surface area contributed by atoms with Crippen LogP contribution in [0.25, 0.3) is 0 Å². The fourth-order valence-electron chi connectivity index (χ4n) is 1.76. The van der Waals surface area contributed by atoms with Crippen molar-refractivity contribution >= 4 is 11.9 Å². The molecule has 21 heavy (non-hydrogen) atoms. The number of pyridine rings is 1. The Morgan fingerprint density at radius 2 is 2.05 bits per heavy atom. The summed E-state index contributed by atoms with van der Waals surface area (Å²) < 4.78 is 13.8. The number of amides is 1. The second kappa shape index (κ2) is 6.13. The Kier molecular flexibility index (Phi) is 4.27. The Bertz CT molecular complexity index is 684. The maximum atomic E-state index is 13.8. The zero-order valence-electron chi connectivity index (χ0n) is 11.3. The normalized spacial score (nSPS) is 10.2. The molecule has 0 fully saturated rings. The molecule has 0 bridgehead atoms. The van der Waals surface area contributed by atoms with Crippen LogP contribution in [0.15, 0.2) is 36.5 Å². The number of hydrogen-bond donors (Lipinski definition) is 2. The van der Waals surface area contributed by atoms with Crippen LogP contribution in [0, 0.1) is 12.7 Å². The van der Waals surface area contributed by atoms with E-state index in [2.05, 4.69) is 10.3 Å². The number of benzene rings is 1. The van der Waals surface area contributed by atoms with Crippen molar-refractivity contribution in [1.29, 1.82) is 0 Å². The molecule has 108 valence electrons. The Balaban J connectivity index is 2.04. The number of nitrogens with one attached hydrogen (secondary N) is 1. The topological polar surface area (TPSA) is 79.3 Å². The quantitative estimate of drug-likeness (QED) is 0.903. The van der Waals surface area contributed by atoms with E-state index in [0.29, 0.717) is 11.1 Å². The first-order valence-electron chi connectivity index (χ1n) is 6.20. The van der Waals surface area contributed by atoms with Crippen LogP contribution in [-0.4, -0.2) is 22.0 Å². The van der Waals surface area contributed by atoms with Gasteiger partial charge in [-0.25, -0.2) is 14.2 Å². The molecule has 0 saturated heterocycles. The molecule has 0 unspecified atom stereocenters. The van der Waals surface area contributed by atoms with Gasteiger partial charge >= 0.3 is 5.97 Å². The van der Waals surface area contributed by atoms with Crippen LogP contribution in [0.3, 0.4) is 0 Å². The van der Waals surface area contributed by atoms with Gasteiger partial charge in [0.05, 0.1) is 5.56 Å². The molecule has 2 aromatic rings. The van der Waals surface area contributed by atoms with E-state index in [1.54, 1.807) is 25.1 Å². The maximum absolute atomic E-state index is 13.8. The van der Waals surface area contributed by atoms with Crippen LogP contribution in [0.1, 0.15) is 32.0 Å². The zero-order valence-corrected chi connectivity index (χ0v) is 11.3. The van der Waals surface area contributed by atoms with Gasteiger partial charge in [-0.05, 0) is 30.2 Å². The average Bonchev–Trinajstić information content (AvgIpc) is 2.48. The summed E-state index contributed by atoms with van der Waals surface area (Å²) in [6, 6.07) is 7.49. The Labute approximate surface area is 120 Å². The van der Waals surface area contributed by atoms with Crippen LogP contribution in [0.5, 0.6) is 0 Å². The SMILES string of the molecule is Cc1cccc(C(=O)NCc2ccc(C(=O)O)nc2)c1F. The molecule has 0 spiro atoms. The molecule has 5 nitrogen and oxygen atoms in total. The van der Waals surface area contributed by atoms with Gasteiger partial charge in [0.1, 0.15) is 11.5 Å². The van der Waals surface area contributed by atoms with Gasteiger partial charge in [-0.15, -0.1) is 0 Å². The number of carboxylic acids is 1. The molecule has 1 aromatic carbocycles. The van der Waals surface area contributed by atoms with Gasteiger partial charge in [-0.3, -0.25) is 4.79 Å². The number of rotatable bonds is 4. The molecule has 0 aliphatic rings. The standard InChI is InChI=1S/C15H13FN2O3/c1-9-3-2-4-11(13(9)16)14(19)18-8-10-5-6-12(15(20)21)17-7-10/h2-7H,8H2,1H3,(H,18,19)(H,20,21). The maximum Gasteiger partial charge on any atom is 0.354 e. The van der Waals surface area contributed by atoms with Gasteiger partial charge in [-0.1, -0.05) is 18.2 Å². The van der Waals surface area contributed by atoms with E-state index in [4.69, 9.17) is 5.11 Å². The van der Waals surface area contributed by atoms with Crippen LogP contribution in [-0.2, 0) is 6.54 Å². The lowest BCUT2D eigenvalue weighted by molar-refractivity contribution is 0.0690. The van der Waals surface area contributed by atoms with E-state index in [0.717, 1.165) is 0 Å². The third-order valence-electron chi connectivity index (χ3n) is 2.93. The lowest BCUT2D eigenvalue weighted by atomic mass is 10.1. The fourth-order valence-corrected chi connectivity index (χ4v) is 1.76. The molecule has 0 saturated carbocycles. The van der Waals surface area contributed by atoms with Crippen molar-refractivity contribution in [2.24, 2.45) is 0 Å². The summed E-state index contributed by atoms with van der Waals surface area (Å²) >= 11 is 0. The molecule has 0 aliphatic carbocycles. The van der Waals surface area contributed by atoms with E-state index in [9.17, 15) is 14.0 Å². The van der Waals surface area contributed by atoms with E-state index < -0.39 is 17.7 Å². The van der Waals surface area contributed by atoms with Crippen molar-refractivity contribution in [3.63, 3.8) is 0 Å². The summed E-state index contributed by atoms with van der Waals surface area (Å²) in [5, 5.41) is 11.3. The highest BCUT2D eigenvalue weighted by Crippen LogP contribution is 2.12. The highest BCUT2D eigenvalue weighted by atomic mass is 19.1. The number of halogens is 1. The summed E-state index contributed by atoms with van der Waals surface area (Å²) in [7, 11) is 0. The average molecular weight is 288 g/mol. The minimum absolute atomic E-state index is 0.0230. The van der Waals surface area contributed by atoms with E-state index >= 15 is 0 Å². The number of aromatic carboxylic acids is 1. The molecule has 1 amide bonds. The predicted octanol–water partition coefficient (Wildman–Crippen LogP) is 2.16. The van der Waals surface area contributed by atoms with Crippen molar-refractivity contribution in [1.82, 2.24) is 10.3 Å². The largest absolute Gasteiger partial charge is 0.477 e. The van der Waals surface area contributed by atoms with E-state index in [1.165, 1.54) is 18.3 Å². The third kappa shape index (κ3) is 3.42. The van der Waals surface area contributed by atoms with Crippen LogP contribution in [0.2, 0.25) is 0 Å². The van der Waals surface area contributed by atoms with E-state index in [1.807, 2.05) is 0 Å². The highest BCUT2D eigenvalue weighted by molar-refractivity contribution is 5.94. The Hall–Kier alpha value is -2.76. The van der Waals surface area contributed by atoms with Crippen molar-refractivity contribution < 1.29 is 19.1 Å². The molecule has 0 atom stereocenters. The lowest BCUT2D eigenvalue weighted by Gasteiger charge is -2.07. The van der Waals surface area contributed by atoms with Gasteiger partial charge in [0, 0.05) is 12.7 Å². The van der Waals surface area contributed by atoms with Crippen molar-refractivity contribution in [2.45, 2.75) is 13.5 Å². The molecule has 1 heterocycles. The fraction of sp³-hybridized carbons (Fsp3) is 0.133. The number of aryl methyl sites for hydroxylation is 1. The summed E-state index contributed by atoms with van der Waals surface area (Å²) in [5.74, 6) is -2.19. The predicted molar refractivity (Wildman–Crippen MR) is 73.5 cm³/mol. The first kappa shape index (κ1) is 14.6. The van der Waals surface area contributed by atoms with Crippen molar-refractivity contribution in [3.8, 4) is 0 Å². The molecular formula is C15H13FN2O3. The number of carboxylic acid groups (broad SMARTS) is 1. The number of carbonyl (C=O) groups is 2. The van der Waals surface area contributed by atoms with Crippen molar-refractivity contribution in [2.75, 3.05) is 0 Å². The number of carbonyl (C=O) groups excluding carboxylic acids is 1. The zero-order chi connectivity index (χ0) is 15.4. The molecule has 2 rings (SSSR count). The number of aromatic nitrogens is 1. The van der Waals surface area contributed by atoms with Gasteiger partial charge in [0.15, 0.2) is 0 Å². The lowest BCUT2D eigenvalue weighted by Crippen LogP contribution is -2.24. The van der Waals surface area contributed by atoms with Crippen molar-refractivity contribution in [3.05, 3.63) is 64.7 Å². The molecular weight excluding hydrogens is 275 g/mol.